The van der Waals surface area contributed by atoms with Crippen LogP contribution in [0.15, 0.2) is 24.3 Å². The van der Waals surface area contributed by atoms with Gasteiger partial charge in [0.05, 0.1) is 29.2 Å². The number of benzene rings is 2. The molecule has 0 amide bonds. The molecule has 2 aromatic carbocycles. The third-order valence-electron chi connectivity index (χ3n) is 11.2. The molecule has 2 aromatic rings. The van der Waals surface area contributed by atoms with E-state index in [1.165, 1.54) is 18.9 Å². The van der Waals surface area contributed by atoms with Crippen LogP contribution in [0.5, 0.6) is 11.5 Å². The molecular formula is C30H33FN2O4. The third-order valence-corrected chi connectivity index (χ3v) is 11.2. The molecule has 7 heteroatoms. The Balaban J connectivity index is 1.26. The smallest absolute Gasteiger partial charge is 0.165 e. The number of rotatable bonds is 3. The minimum Gasteiger partial charge on any atom is -0.504 e. The summed E-state index contributed by atoms with van der Waals surface area (Å²) in [6.45, 7) is 3.85. The minimum absolute atomic E-state index is 0.0689. The van der Waals surface area contributed by atoms with E-state index in [4.69, 9.17) is 4.74 Å². The summed E-state index contributed by atoms with van der Waals surface area (Å²) in [7, 11) is 0. The predicted octanol–water partition coefficient (Wildman–Crippen LogP) is 3.50. The summed E-state index contributed by atoms with van der Waals surface area (Å²) in [4.78, 5) is 4.85. The normalized spacial score (nSPS) is 43.4. The van der Waals surface area contributed by atoms with E-state index in [2.05, 4.69) is 16.7 Å². The molecule has 4 unspecified atom stereocenters. The first-order valence-corrected chi connectivity index (χ1v) is 14.2. The molecule has 37 heavy (non-hydrogen) atoms. The van der Waals surface area contributed by atoms with Crippen LogP contribution in [0.25, 0.3) is 0 Å². The van der Waals surface area contributed by atoms with Crippen LogP contribution in [0.1, 0.15) is 73.3 Å². The molecule has 7 aliphatic rings. The summed E-state index contributed by atoms with van der Waals surface area (Å²) in [6.07, 6.45) is 4.24. The Kier molecular flexibility index (Phi) is 3.86. The van der Waals surface area contributed by atoms with Gasteiger partial charge in [0.2, 0.25) is 0 Å². The molecule has 3 saturated carbocycles. The lowest BCUT2D eigenvalue weighted by molar-refractivity contribution is -0.116. The number of anilines is 1. The molecule has 3 aliphatic carbocycles. The number of phenols is 1. The molecule has 4 heterocycles. The highest BCUT2D eigenvalue weighted by molar-refractivity contribution is 5.72. The monoisotopic (exact) mass is 504 g/mol. The van der Waals surface area contributed by atoms with Gasteiger partial charge in [-0.3, -0.25) is 4.90 Å². The van der Waals surface area contributed by atoms with Crippen LogP contribution < -0.4 is 9.64 Å². The maximum atomic E-state index is 14.9. The number of aromatic hydroxyl groups is 1. The largest absolute Gasteiger partial charge is 0.504 e. The van der Waals surface area contributed by atoms with Crippen molar-refractivity contribution < 1.29 is 24.4 Å². The average Bonchev–Trinajstić information content (AvgIpc) is 3.73. The Bertz CT molecular complexity index is 1380. The van der Waals surface area contributed by atoms with Crippen LogP contribution in [0.2, 0.25) is 0 Å². The second-order valence-electron chi connectivity index (χ2n) is 12.8. The lowest BCUT2D eigenvalue weighted by Crippen LogP contribution is -2.69. The molecule has 0 bridgehead atoms. The molecule has 1 spiro atoms. The lowest BCUT2D eigenvalue weighted by atomic mass is 9.54. The molecule has 3 N–H and O–H groups in total. The highest BCUT2D eigenvalue weighted by atomic mass is 19.1. The molecule has 0 radical (unpaired) electrons. The van der Waals surface area contributed by atoms with Gasteiger partial charge in [-0.1, -0.05) is 13.0 Å². The number of piperidine rings is 1. The molecule has 6 nitrogen and oxygen atoms in total. The number of halogens is 1. The number of hydrogen-bond donors (Lipinski definition) is 3. The Labute approximate surface area is 215 Å². The topological polar surface area (TPSA) is 76.2 Å². The van der Waals surface area contributed by atoms with E-state index in [9.17, 15) is 19.7 Å². The number of phenolic OH excluding ortho intramolecular Hbond substituents is 1. The van der Waals surface area contributed by atoms with Crippen molar-refractivity contribution >= 4 is 5.69 Å². The van der Waals surface area contributed by atoms with Crippen LogP contribution >= 0.6 is 0 Å². The maximum Gasteiger partial charge on any atom is 0.165 e. The van der Waals surface area contributed by atoms with Crippen LogP contribution in [-0.2, 0) is 11.8 Å². The molecular weight excluding hydrogens is 471 g/mol. The number of fused-ring (bicyclic) bond motifs is 7. The Morgan fingerprint density at radius 3 is 2.73 bits per heavy atom. The fourth-order valence-corrected chi connectivity index (χ4v) is 9.68. The van der Waals surface area contributed by atoms with Gasteiger partial charge in [0.25, 0.3) is 0 Å². The number of aryl methyl sites for hydroxylation is 1. The first-order valence-electron chi connectivity index (χ1n) is 14.2. The van der Waals surface area contributed by atoms with Crippen molar-refractivity contribution in [1.29, 1.82) is 0 Å². The van der Waals surface area contributed by atoms with Gasteiger partial charge in [0, 0.05) is 41.9 Å². The zero-order valence-corrected chi connectivity index (χ0v) is 21.0. The fourth-order valence-electron chi connectivity index (χ4n) is 9.68. The second kappa shape index (κ2) is 6.61. The van der Waals surface area contributed by atoms with Gasteiger partial charge < -0.3 is 25.0 Å². The van der Waals surface area contributed by atoms with Crippen molar-refractivity contribution in [1.82, 2.24) is 4.90 Å². The van der Waals surface area contributed by atoms with E-state index in [0.717, 1.165) is 47.7 Å². The third kappa shape index (κ3) is 2.35. The molecule has 4 aliphatic heterocycles. The summed E-state index contributed by atoms with van der Waals surface area (Å²) < 4.78 is 21.7. The van der Waals surface area contributed by atoms with Crippen LogP contribution in [0, 0.1) is 11.7 Å². The number of aliphatic hydroxyl groups excluding tert-OH is 1. The highest BCUT2D eigenvalue weighted by Gasteiger charge is 2.83. The van der Waals surface area contributed by atoms with Crippen molar-refractivity contribution in [2.45, 2.75) is 92.7 Å². The van der Waals surface area contributed by atoms with Crippen molar-refractivity contribution in [2.24, 2.45) is 5.92 Å². The van der Waals surface area contributed by atoms with E-state index >= 15 is 0 Å². The fraction of sp³-hybridized carbons (Fsp3) is 0.600. The van der Waals surface area contributed by atoms with Gasteiger partial charge in [-0.2, -0.15) is 0 Å². The van der Waals surface area contributed by atoms with Gasteiger partial charge in [-0.05, 0) is 73.8 Å². The number of aliphatic hydroxyl groups is 2. The second-order valence-corrected chi connectivity index (χ2v) is 12.8. The van der Waals surface area contributed by atoms with Crippen molar-refractivity contribution in [2.75, 3.05) is 18.0 Å². The van der Waals surface area contributed by atoms with E-state index < -0.39 is 17.1 Å². The maximum absolute atomic E-state index is 14.9. The van der Waals surface area contributed by atoms with Crippen molar-refractivity contribution in [3.05, 3.63) is 52.3 Å². The number of hydrogen-bond acceptors (Lipinski definition) is 6. The Hall–Kier alpha value is -2.35. The standard InChI is InChI=1S/C30H33FN2O4/c1-2-15-5-6-22(35)26-23(15)29-12-20-27(33(20)13-14-3-4-14)30(29,36)11-19-17-9-16(31)10-18-21(34)7-8-32(24(17)18)25(19)28(29)37-26/h5-6,9-10,14,19-21,25,27-28,34-36H,2-4,7-8,11-13H2,1H3/t19?,20?,21-,25?,27-,28+,29+,30-,33?/m1/s1. The summed E-state index contributed by atoms with van der Waals surface area (Å²) in [6, 6.07) is 7.15. The van der Waals surface area contributed by atoms with E-state index in [0.29, 0.717) is 36.7 Å². The summed E-state index contributed by atoms with van der Waals surface area (Å²) >= 11 is 0. The zero-order valence-electron chi connectivity index (χ0n) is 21.0. The van der Waals surface area contributed by atoms with Crippen LogP contribution in [0.3, 0.4) is 0 Å². The lowest BCUT2D eigenvalue weighted by Gasteiger charge is -2.55. The van der Waals surface area contributed by atoms with Crippen molar-refractivity contribution in [3.8, 4) is 11.5 Å². The Morgan fingerprint density at radius 1 is 1.14 bits per heavy atom. The van der Waals surface area contributed by atoms with Gasteiger partial charge in [-0.25, -0.2) is 4.39 Å². The number of nitrogens with zero attached hydrogens (tertiary/aromatic N) is 2. The summed E-state index contributed by atoms with van der Waals surface area (Å²) in [5, 5.41) is 34.8. The van der Waals surface area contributed by atoms with Gasteiger partial charge >= 0.3 is 0 Å². The highest BCUT2D eigenvalue weighted by Crippen LogP contribution is 2.73. The number of ether oxygens (including phenoxy) is 1. The molecule has 0 aromatic heterocycles. The molecule has 9 atom stereocenters. The number of likely N-dealkylation sites (tertiary alicyclic amines) is 1. The molecule has 1 saturated heterocycles. The molecule has 9 rings (SSSR count). The first kappa shape index (κ1) is 21.6. The summed E-state index contributed by atoms with van der Waals surface area (Å²) in [5.41, 5.74) is 3.01. The molecule has 194 valence electrons. The van der Waals surface area contributed by atoms with Gasteiger partial charge in [0.15, 0.2) is 11.5 Å². The minimum atomic E-state index is -1.03. The quantitative estimate of drug-likeness (QED) is 0.556. The van der Waals surface area contributed by atoms with Crippen LogP contribution in [0.4, 0.5) is 10.1 Å². The van der Waals surface area contributed by atoms with Crippen molar-refractivity contribution in [3.63, 3.8) is 0 Å². The van der Waals surface area contributed by atoms with E-state index in [1.54, 1.807) is 12.1 Å². The molecule has 4 fully saturated rings. The van der Waals surface area contributed by atoms with E-state index in [-0.39, 0.29) is 35.7 Å². The van der Waals surface area contributed by atoms with Gasteiger partial charge in [-0.15, -0.1) is 0 Å². The average molecular weight is 505 g/mol. The SMILES string of the molecule is CCc1ccc(O)c2c1[C@]13CC4[C@@H](N4CC4CC4)[C@]1(O)CC1c4cc(F)cc5c4N(CC[C@H]5O)C1[C@@H]3O2. The first-order chi connectivity index (χ1) is 17.9. The Morgan fingerprint density at radius 2 is 1.95 bits per heavy atom. The summed E-state index contributed by atoms with van der Waals surface area (Å²) in [5.74, 6) is 1.00. The van der Waals surface area contributed by atoms with Gasteiger partial charge in [0.1, 0.15) is 11.9 Å². The predicted molar refractivity (Wildman–Crippen MR) is 135 cm³/mol. The zero-order chi connectivity index (χ0) is 25.0. The van der Waals surface area contributed by atoms with Crippen LogP contribution in [-0.4, -0.2) is 63.1 Å². The van der Waals surface area contributed by atoms with E-state index in [1.807, 2.05) is 6.07 Å².